The third kappa shape index (κ3) is 3.27. The van der Waals surface area contributed by atoms with Crippen molar-refractivity contribution in [3.63, 3.8) is 0 Å². The molecule has 0 bridgehead atoms. The lowest BCUT2D eigenvalue weighted by Crippen LogP contribution is -2.53. The van der Waals surface area contributed by atoms with Crippen molar-refractivity contribution in [3.8, 4) is 17.2 Å². The van der Waals surface area contributed by atoms with E-state index in [1.54, 1.807) is 50.6 Å². The van der Waals surface area contributed by atoms with Gasteiger partial charge in [-0.25, -0.2) is 0 Å². The van der Waals surface area contributed by atoms with Gasteiger partial charge in [0.2, 0.25) is 0 Å². The van der Waals surface area contributed by atoms with Gasteiger partial charge in [-0.15, -0.1) is 0 Å². The first-order valence-electron chi connectivity index (χ1n) is 7.47. The third-order valence-electron chi connectivity index (χ3n) is 4.00. The van der Waals surface area contributed by atoms with Crippen molar-refractivity contribution in [2.75, 3.05) is 21.3 Å². The second-order valence-electron chi connectivity index (χ2n) is 5.40. The predicted molar refractivity (Wildman–Crippen MR) is 92.6 cm³/mol. The molecule has 0 N–H and O–H groups in total. The SMILES string of the molecule is COc1cc(C=Cc2cc(C)n(C)c(=O)[n+]2C)c(OC)c(OC)c1. The average Bonchev–Trinajstić information content (AvgIpc) is 2.60. The maximum atomic E-state index is 12.2. The minimum Gasteiger partial charge on any atom is -0.497 e. The Hall–Kier alpha value is -2.76. The van der Waals surface area contributed by atoms with Crippen LogP contribution in [0, 0.1) is 6.92 Å². The number of methoxy groups -OCH3 is 3. The maximum Gasteiger partial charge on any atom is 0.498 e. The molecule has 0 unspecified atom stereocenters. The molecule has 24 heavy (non-hydrogen) atoms. The van der Waals surface area contributed by atoms with E-state index in [4.69, 9.17) is 14.2 Å². The van der Waals surface area contributed by atoms with Crippen molar-refractivity contribution < 1.29 is 18.8 Å². The van der Waals surface area contributed by atoms with Crippen LogP contribution in [0.15, 0.2) is 23.0 Å². The summed E-state index contributed by atoms with van der Waals surface area (Å²) in [6.07, 6.45) is 3.74. The van der Waals surface area contributed by atoms with Gasteiger partial charge in [-0.3, -0.25) is 0 Å². The molecule has 0 saturated carbocycles. The van der Waals surface area contributed by atoms with E-state index in [1.165, 1.54) is 0 Å². The summed E-state index contributed by atoms with van der Waals surface area (Å²) in [5.74, 6) is 1.86. The molecule has 0 aliphatic carbocycles. The number of aromatic nitrogens is 2. The van der Waals surface area contributed by atoms with E-state index in [2.05, 4.69) is 0 Å². The molecule has 1 heterocycles. The highest BCUT2D eigenvalue weighted by Crippen LogP contribution is 2.36. The number of benzene rings is 1. The molecule has 1 aromatic heterocycles. The van der Waals surface area contributed by atoms with Crippen LogP contribution in [0.3, 0.4) is 0 Å². The Bertz CT molecular complexity index is 838. The van der Waals surface area contributed by atoms with Crippen LogP contribution >= 0.6 is 0 Å². The second-order valence-corrected chi connectivity index (χ2v) is 5.40. The van der Waals surface area contributed by atoms with Gasteiger partial charge in [0.05, 0.1) is 35.4 Å². The van der Waals surface area contributed by atoms with Crippen LogP contribution in [0.25, 0.3) is 12.2 Å². The molecule has 6 nitrogen and oxygen atoms in total. The van der Waals surface area contributed by atoms with Crippen molar-refractivity contribution in [1.29, 1.82) is 0 Å². The van der Waals surface area contributed by atoms with Crippen LogP contribution in [-0.4, -0.2) is 25.9 Å². The number of aryl methyl sites for hydroxylation is 1. The largest absolute Gasteiger partial charge is 0.498 e. The Morgan fingerprint density at radius 3 is 2.33 bits per heavy atom. The monoisotopic (exact) mass is 331 g/mol. The molecule has 0 saturated heterocycles. The second kappa shape index (κ2) is 7.21. The van der Waals surface area contributed by atoms with Crippen LogP contribution in [0.4, 0.5) is 0 Å². The quantitative estimate of drug-likeness (QED) is 0.783. The molecule has 2 rings (SSSR count). The first-order chi connectivity index (χ1) is 11.4. The van der Waals surface area contributed by atoms with Crippen LogP contribution in [0.5, 0.6) is 17.2 Å². The van der Waals surface area contributed by atoms with Gasteiger partial charge in [0.25, 0.3) is 0 Å². The summed E-state index contributed by atoms with van der Waals surface area (Å²) in [5.41, 5.74) is 2.39. The highest BCUT2D eigenvalue weighted by Gasteiger charge is 2.14. The fourth-order valence-corrected chi connectivity index (χ4v) is 2.44. The van der Waals surface area contributed by atoms with Gasteiger partial charge in [-0.1, -0.05) is 0 Å². The first kappa shape index (κ1) is 17.6. The topological polar surface area (TPSA) is 53.6 Å². The smallest absolute Gasteiger partial charge is 0.497 e. The summed E-state index contributed by atoms with van der Waals surface area (Å²) in [7, 11) is 8.25. The summed E-state index contributed by atoms with van der Waals surface area (Å²) in [5, 5.41) is 0. The minimum absolute atomic E-state index is 0.0789. The molecule has 128 valence electrons. The maximum absolute atomic E-state index is 12.2. The van der Waals surface area contributed by atoms with E-state index in [1.807, 2.05) is 31.2 Å². The van der Waals surface area contributed by atoms with Crippen LogP contribution in [0.1, 0.15) is 17.0 Å². The fourth-order valence-electron chi connectivity index (χ4n) is 2.44. The molecule has 0 radical (unpaired) electrons. The lowest BCUT2D eigenvalue weighted by Gasteiger charge is -2.12. The predicted octanol–water partition coefficient (Wildman–Crippen LogP) is 1.71. The molecule has 0 fully saturated rings. The van der Waals surface area contributed by atoms with Crippen molar-refractivity contribution >= 4 is 12.2 Å². The van der Waals surface area contributed by atoms with Gasteiger partial charge in [0.1, 0.15) is 17.1 Å². The fraction of sp³-hybridized carbons (Fsp3) is 0.333. The first-order valence-corrected chi connectivity index (χ1v) is 7.47. The number of ether oxygens (including phenoxy) is 3. The van der Waals surface area contributed by atoms with Gasteiger partial charge in [-0.2, -0.15) is 13.9 Å². The number of rotatable bonds is 5. The number of nitrogens with zero attached hydrogens (tertiary/aromatic N) is 2. The summed E-state index contributed by atoms with van der Waals surface area (Å²) < 4.78 is 19.3. The summed E-state index contributed by atoms with van der Waals surface area (Å²) >= 11 is 0. The lowest BCUT2D eigenvalue weighted by atomic mass is 10.1. The standard InChI is InChI=1S/C18H23N2O4/c1-12-9-14(20(3)18(21)19(12)2)8-7-13-10-15(22-4)11-16(23-5)17(13)24-6/h7-11H,1-6H3/q+1. The van der Waals surface area contributed by atoms with Crippen molar-refractivity contribution in [1.82, 2.24) is 4.57 Å². The Morgan fingerprint density at radius 2 is 1.75 bits per heavy atom. The Balaban J connectivity index is 2.55. The van der Waals surface area contributed by atoms with Gasteiger partial charge >= 0.3 is 5.69 Å². The average molecular weight is 331 g/mol. The molecular formula is C18H23N2O4+. The van der Waals surface area contributed by atoms with Gasteiger partial charge in [-0.05, 0) is 25.1 Å². The number of hydrogen-bond donors (Lipinski definition) is 0. The van der Waals surface area contributed by atoms with Gasteiger partial charge in [0, 0.05) is 17.7 Å². The van der Waals surface area contributed by atoms with Crippen LogP contribution in [0.2, 0.25) is 0 Å². The molecule has 0 amide bonds. The van der Waals surface area contributed by atoms with E-state index in [0.717, 1.165) is 17.0 Å². The summed E-state index contributed by atoms with van der Waals surface area (Å²) in [4.78, 5) is 12.2. The van der Waals surface area contributed by atoms with Gasteiger partial charge in [0.15, 0.2) is 11.5 Å². The molecule has 0 aliphatic rings. The molecule has 2 aromatic rings. The van der Waals surface area contributed by atoms with Crippen LogP contribution in [-0.2, 0) is 14.1 Å². The van der Waals surface area contributed by atoms with Crippen LogP contribution < -0.4 is 24.5 Å². The zero-order valence-electron chi connectivity index (χ0n) is 14.9. The van der Waals surface area contributed by atoms with E-state index < -0.39 is 0 Å². The van der Waals surface area contributed by atoms with Gasteiger partial charge < -0.3 is 14.2 Å². The molecule has 1 aromatic carbocycles. The van der Waals surface area contributed by atoms with E-state index in [-0.39, 0.29) is 5.69 Å². The zero-order chi connectivity index (χ0) is 17.9. The molecule has 0 atom stereocenters. The van der Waals surface area contributed by atoms with Crippen molar-refractivity contribution in [3.05, 3.63) is 45.6 Å². The van der Waals surface area contributed by atoms with E-state index >= 15 is 0 Å². The van der Waals surface area contributed by atoms with Crippen molar-refractivity contribution in [2.45, 2.75) is 6.92 Å². The number of hydrogen-bond acceptors (Lipinski definition) is 4. The van der Waals surface area contributed by atoms with E-state index in [0.29, 0.717) is 17.2 Å². The Labute approximate surface area is 141 Å². The molecular weight excluding hydrogens is 308 g/mol. The minimum atomic E-state index is -0.0789. The highest BCUT2D eigenvalue weighted by atomic mass is 16.5. The zero-order valence-corrected chi connectivity index (χ0v) is 14.9. The third-order valence-corrected chi connectivity index (χ3v) is 4.00. The molecule has 0 aliphatic heterocycles. The van der Waals surface area contributed by atoms with Crippen molar-refractivity contribution in [2.24, 2.45) is 14.1 Å². The summed E-state index contributed by atoms with van der Waals surface area (Å²) in [6, 6.07) is 5.56. The normalized spacial score (nSPS) is 10.9. The summed E-state index contributed by atoms with van der Waals surface area (Å²) in [6.45, 7) is 1.90. The highest BCUT2D eigenvalue weighted by molar-refractivity contribution is 5.74. The Kier molecular flexibility index (Phi) is 5.28. The molecule has 0 spiro atoms. The van der Waals surface area contributed by atoms with E-state index in [9.17, 15) is 4.79 Å². The lowest BCUT2D eigenvalue weighted by molar-refractivity contribution is -0.692. The molecule has 6 heteroatoms. The Morgan fingerprint density at radius 1 is 1.04 bits per heavy atom.